The number of carbonyl (C=O) groups is 4. The summed E-state index contributed by atoms with van der Waals surface area (Å²) in [6, 6.07) is 27.8. The average Bonchev–Trinajstić information content (AvgIpc) is 4.09. The molecule has 292 valence electrons. The number of H-pyrrole nitrogens is 2. The summed E-state index contributed by atoms with van der Waals surface area (Å²) >= 11 is 0. The molecule has 8 rings (SSSR count). The van der Waals surface area contributed by atoms with Crippen molar-refractivity contribution in [2.24, 2.45) is 4.99 Å². The van der Waals surface area contributed by atoms with Gasteiger partial charge in [0.25, 0.3) is 5.91 Å². The minimum absolute atomic E-state index is 0.0213. The number of Topliss-reactive ketones (excluding diaryl/α,β-unsaturated/α-hetero) is 2. The molecule has 3 aromatic heterocycles. The number of hydrogen-bond donors (Lipinski definition) is 3. The number of anilines is 1. The molecule has 5 heterocycles. The van der Waals surface area contributed by atoms with E-state index in [1.165, 1.54) is 0 Å². The number of rotatable bonds is 14. The van der Waals surface area contributed by atoms with Gasteiger partial charge in [-0.1, -0.05) is 53.7 Å². The summed E-state index contributed by atoms with van der Waals surface area (Å²) in [6.45, 7) is 4.23. The zero-order valence-corrected chi connectivity index (χ0v) is 32.2. The maximum Gasteiger partial charge on any atom is 0.303 e. The van der Waals surface area contributed by atoms with Crippen LogP contribution in [0.5, 0.6) is 5.75 Å². The van der Waals surface area contributed by atoms with E-state index in [1.54, 1.807) is 67.9 Å². The Kier molecular flexibility index (Phi) is 9.85. The summed E-state index contributed by atoms with van der Waals surface area (Å²) in [7, 11) is 1.57. The van der Waals surface area contributed by atoms with Gasteiger partial charge in [0, 0.05) is 72.3 Å². The predicted molar refractivity (Wildman–Crippen MR) is 218 cm³/mol. The lowest BCUT2D eigenvalue weighted by atomic mass is 9.69. The fourth-order valence-corrected chi connectivity index (χ4v) is 8.10. The Morgan fingerprint density at radius 2 is 1.79 bits per heavy atom. The van der Waals surface area contributed by atoms with Gasteiger partial charge in [-0.05, 0) is 91.4 Å². The fourth-order valence-electron chi connectivity index (χ4n) is 8.10. The van der Waals surface area contributed by atoms with Crippen molar-refractivity contribution in [2.75, 3.05) is 18.6 Å². The van der Waals surface area contributed by atoms with E-state index in [0.29, 0.717) is 40.4 Å². The monoisotopic (exact) mass is 775 g/mol. The van der Waals surface area contributed by atoms with Crippen LogP contribution in [0.15, 0.2) is 125 Å². The second-order valence-electron chi connectivity index (χ2n) is 14.9. The van der Waals surface area contributed by atoms with E-state index in [2.05, 4.69) is 21.2 Å². The number of aliphatic imine (C=N–C) groups is 1. The van der Waals surface area contributed by atoms with E-state index in [4.69, 9.17) is 14.3 Å². The molecule has 2 unspecified atom stereocenters. The molecular weight excluding hydrogens is 735 g/mol. The van der Waals surface area contributed by atoms with Crippen molar-refractivity contribution in [3.63, 3.8) is 0 Å². The first kappa shape index (κ1) is 37.8. The molecule has 0 radical (unpaired) electrons. The molecule has 1 amide bonds. The molecule has 58 heavy (non-hydrogen) atoms. The number of aromatic amines is 2. The van der Waals surface area contributed by atoms with Crippen LogP contribution >= 0.6 is 0 Å². The van der Waals surface area contributed by atoms with Crippen LogP contribution in [0.4, 0.5) is 5.69 Å². The van der Waals surface area contributed by atoms with Crippen LogP contribution in [-0.2, 0) is 33.4 Å². The third-order valence-corrected chi connectivity index (χ3v) is 11.2. The third-order valence-electron chi connectivity index (χ3n) is 11.2. The maximum absolute atomic E-state index is 14.3. The topological polar surface area (TPSA) is 171 Å². The van der Waals surface area contributed by atoms with Crippen LogP contribution in [0.2, 0.25) is 0 Å². The van der Waals surface area contributed by atoms with E-state index in [1.807, 2.05) is 67.6 Å². The molecule has 3 N–H and O–H groups in total. The number of carboxylic acid groups (broad SMARTS) is 1. The lowest BCUT2D eigenvalue weighted by molar-refractivity contribution is -0.137. The molecule has 0 spiro atoms. The van der Waals surface area contributed by atoms with Crippen LogP contribution in [0, 0.1) is 6.92 Å². The first-order valence-electron chi connectivity index (χ1n) is 19.0. The smallest absolute Gasteiger partial charge is 0.303 e. The number of fused-ring (bicyclic) bond motifs is 1. The summed E-state index contributed by atoms with van der Waals surface area (Å²) in [4.78, 5) is 66.2. The largest absolute Gasteiger partial charge is 0.496 e. The van der Waals surface area contributed by atoms with Crippen molar-refractivity contribution < 1.29 is 33.5 Å². The summed E-state index contributed by atoms with van der Waals surface area (Å²) < 4.78 is 11.0. The van der Waals surface area contributed by atoms with Gasteiger partial charge in [0.05, 0.1) is 12.7 Å². The first-order chi connectivity index (χ1) is 28.0. The number of amides is 1. The molecule has 3 aromatic carbocycles. The number of nitrogens with one attached hydrogen (secondary N) is 2. The predicted octanol–water partition coefficient (Wildman–Crippen LogP) is 7.59. The van der Waals surface area contributed by atoms with Gasteiger partial charge in [-0.3, -0.25) is 24.2 Å². The number of hydrogen-bond acceptors (Lipinski definition) is 8. The highest BCUT2D eigenvalue weighted by Crippen LogP contribution is 2.41. The molecule has 2 atom stereocenters. The van der Waals surface area contributed by atoms with Crippen molar-refractivity contribution in [1.82, 2.24) is 15.1 Å². The van der Waals surface area contributed by atoms with Crippen LogP contribution < -0.4 is 9.64 Å². The molecule has 2 aliphatic rings. The molecule has 0 aliphatic carbocycles. The van der Waals surface area contributed by atoms with Gasteiger partial charge in [0.2, 0.25) is 5.78 Å². The Balaban J connectivity index is 1.00. The number of ether oxygens (including phenoxy) is 1. The molecule has 2 aliphatic heterocycles. The van der Waals surface area contributed by atoms with E-state index < -0.39 is 16.9 Å². The zero-order chi connectivity index (χ0) is 40.6. The van der Waals surface area contributed by atoms with E-state index >= 15 is 0 Å². The molecule has 0 bridgehead atoms. The molecule has 0 saturated heterocycles. The number of benzene rings is 3. The second-order valence-corrected chi connectivity index (χ2v) is 14.9. The number of methoxy groups -OCH3 is 1. The lowest BCUT2D eigenvalue weighted by Gasteiger charge is -2.32. The van der Waals surface area contributed by atoms with Gasteiger partial charge < -0.3 is 29.2 Å². The maximum atomic E-state index is 14.3. The average molecular weight is 776 g/mol. The Morgan fingerprint density at radius 3 is 2.52 bits per heavy atom. The molecule has 12 heteroatoms. The van der Waals surface area contributed by atoms with Crippen LogP contribution in [0.1, 0.15) is 74.3 Å². The van der Waals surface area contributed by atoms with Gasteiger partial charge in [-0.25, -0.2) is 0 Å². The van der Waals surface area contributed by atoms with Gasteiger partial charge in [-0.2, -0.15) is 0 Å². The third kappa shape index (κ3) is 6.87. The van der Waals surface area contributed by atoms with E-state index in [9.17, 15) is 24.3 Å². The molecule has 6 aromatic rings. The minimum atomic E-state index is -1.39. The van der Waals surface area contributed by atoms with E-state index in [-0.39, 0.29) is 42.4 Å². The number of aliphatic carboxylic acids is 1. The number of nitrogens with zero attached hydrogens (tertiary/aromatic N) is 3. The number of allylic oxidation sites excluding steroid dienone is 1. The zero-order valence-electron chi connectivity index (χ0n) is 32.2. The summed E-state index contributed by atoms with van der Waals surface area (Å²) in [5.41, 5.74) is 5.08. The van der Waals surface area contributed by atoms with Crippen molar-refractivity contribution in [1.29, 1.82) is 0 Å². The molecular formula is C46H41N5O7. The summed E-state index contributed by atoms with van der Waals surface area (Å²) in [5, 5.41) is 13.7. The number of aromatic nitrogens is 3. The minimum Gasteiger partial charge on any atom is -0.496 e. The summed E-state index contributed by atoms with van der Waals surface area (Å²) in [5.74, 6) is -0.593. The highest BCUT2D eigenvalue weighted by atomic mass is 16.5. The first-order valence-corrected chi connectivity index (χ1v) is 19.0. The quantitative estimate of drug-likeness (QED) is 0.0951. The normalized spacial score (nSPS) is 16.8. The number of para-hydroxylation sites is 1. The SMILES string of the molecule is COc1cc(CC(=O)C2=CC(C)(c3ccc(C(CCC(=O)O)(C(=O)c4cc(C)on4)c4ccc[nH]4)cc3)N=C2)ccc1-c1cc(C(=O)N2CCc3ccccc32)c[nH]1. The highest BCUT2D eigenvalue weighted by molar-refractivity contribution is 6.15. The molecule has 0 saturated carbocycles. The Labute approximate surface area is 334 Å². The van der Waals surface area contributed by atoms with Crippen LogP contribution in [0.3, 0.4) is 0 Å². The second kappa shape index (κ2) is 15.1. The van der Waals surface area contributed by atoms with Gasteiger partial charge in [-0.15, -0.1) is 0 Å². The van der Waals surface area contributed by atoms with Crippen molar-refractivity contribution in [2.45, 2.75) is 50.5 Å². The standard InChI is InChI=1S/C46H41N5O7/c1-28-21-37(50-58-28)43(55)46(18-16-42(53)54,41-9-6-19-47-41)34-13-11-33(12-14-34)45(2)25-32(27-49-45)39(52)22-29-10-15-35(40(23-29)57-3)36-24-31(26-48-36)44(56)51-20-17-30-7-4-5-8-38(30)51/h4-15,19,21,23-27,47-48H,16-18,20,22H2,1-3H3,(H,53,54). The van der Waals surface area contributed by atoms with Crippen molar-refractivity contribution >= 4 is 35.3 Å². The fraction of sp³-hybridized carbons (Fsp3) is 0.217. The number of carbonyl (C=O) groups excluding carboxylic acids is 3. The number of aryl methyl sites for hydroxylation is 1. The Morgan fingerprint density at radius 1 is 0.983 bits per heavy atom. The van der Waals surface area contributed by atoms with Gasteiger partial charge in [0.1, 0.15) is 22.5 Å². The lowest BCUT2D eigenvalue weighted by Crippen LogP contribution is -2.38. The summed E-state index contributed by atoms with van der Waals surface area (Å²) in [6.07, 6.45) is 7.47. The highest BCUT2D eigenvalue weighted by Gasteiger charge is 2.45. The van der Waals surface area contributed by atoms with Crippen LogP contribution in [-0.4, -0.2) is 63.5 Å². The Hall–Kier alpha value is -7.08. The molecule has 0 fully saturated rings. The number of ketones is 2. The Bertz CT molecular complexity index is 2620. The van der Waals surface area contributed by atoms with Gasteiger partial charge in [0.15, 0.2) is 11.5 Å². The molecule has 12 nitrogen and oxygen atoms in total. The van der Waals surface area contributed by atoms with Gasteiger partial charge >= 0.3 is 5.97 Å². The van der Waals surface area contributed by atoms with Crippen molar-refractivity contribution in [3.8, 4) is 17.0 Å². The van der Waals surface area contributed by atoms with Crippen LogP contribution in [0.25, 0.3) is 11.3 Å². The number of carboxylic acids is 1. The van der Waals surface area contributed by atoms with E-state index in [0.717, 1.165) is 40.1 Å². The van der Waals surface area contributed by atoms with Crippen molar-refractivity contribution in [3.05, 3.63) is 160 Å².